The smallest absolute Gasteiger partial charge is 0.390 e. The summed E-state index contributed by atoms with van der Waals surface area (Å²) in [6.07, 6.45) is -0.961. The fraction of sp³-hybridized carbons (Fsp3) is 0.375. The van der Waals surface area contributed by atoms with E-state index in [-0.39, 0.29) is 11.9 Å². The fourth-order valence-corrected chi connectivity index (χ4v) is 0.982. The molecule has 0 bridgehead atoms. The number of rotatable bonds is 1. The van der Waals surface area contributed by atoms with Gasteiger partial charge in [0.25, 0.3) is 0 Å². The quantitative estimate of drug-likeness (QED) is 0.718. The van der Waals surface area contributed by atoms with E-state index in [2.05, 4.69) is 9.84 Å². The number of carbonyl (C=O) groups excluding carboxylic acids is 2. The standard InChI is InChI=1S/C8H12N4O3/c1-5-4-6(15-7(9)13)10-12(5)8(14)11(2)3/h4H,1-3H3,(H2,9,13). The van der Waals surface area contributed by atoms with Crippen LogP contribution >= 0.6 is 0 Å². The van der Waals surface area contributed by atoms with Crippen LogP contribution in [0.4, 0.5) is 9.59 Å². The zero-order chi connectivity index (χ0) is 11.6. The van der Waals surface area contributed by atoms with Crippen molar-refractivity contribution in [1.29, 1.82) is 0 Å². The molecule has 0 fully saturated rings. The zero-order valence-corrected chi connectivity index (χ0v) is 8.72. The van der Waals surface area contributed by atoms with Gasteiger partial charge >= 0.3 is 12.1 Å². The highest BCUT2D eigenvalue weighted by Gasteiger charge is 2.14. The van der Waals surface area contributed by atoms with Gasteiger partial charge in [-0.3, -0.25) is 0 Å². The summed E-state index contributed by atoms with van der Waals surface area (Å²) >= 11 is 0. The topological polar surface area (TPSA) is 90.5 Å². The first kappa shape index (κ1) is 11.0. The largest absolute Gasteiger partial charge is 0.411 e. The first-order valence-electron chi connectivity index (χ1n) is 4.17. The van der Waals surface area contributed by atoms with E-state index in [0.29, 0.717) is 5.69 Å². The SMILES string of the molecule is Cc1cc(OC(N)=O)nn1C(=O)N(C)C. The van der Waals surface area contributed by atoms with Crippen LogP contribution in [0.1, 0.15) is 5.69 Å². The zero-order valence-electron chi connectivity index (χ0n) is 8.72. The summed E-state index contributed by atoms with van der Waals surface area (Å²) in [5.41, 5.74) is 5.37. The Labute approximate surface area is 86.4 Å². The Bertz CT molecular complexity index is 397. The van der Waals surface area contributed by atoms with Crippen molar-refractivity contribution in [1.82, 2.24) is 14.7 Å². The van der Waals surface area contributed by atoms with Gasteiger partial charge in [0.15, 0.2) is 0 Å². The Kier molecular flexibility index (Phi) is 2.93. The van der Waals surface area contributed by atoms with E-state index in [1.807, 2.05) is 0 Å². The molecule has 0 spiro atoms. The van der Waals surface area contributed by atoms with Crippen LogP contribution < -0.4 is 10.5 Å². The number of aryl methyl sites for hydroxylation is 1. The molecule has 0 aliphatic rings. The molecule has 1 heterocycles. The molecule has 7 heteroatoms. The molecule has 82 valence electrons. The summed E-state index contributed by atoms with van der Waals surface area (Å²) in [7, 11) is 3.19. The second-order valence-electron chi connectivity index (χ2n) is 3.13. The number of carbonyl (C=O) groups is 2. The lowest BCUT2D eigenvalue weighted by molar-refractivity contribution is 0.205. The summed E-state index contributed by atoms with van der Waals surface area (Å²) in [5, 5.41) is 3.77. The van der Waals surface area contributed by atoms with Gasteiger partial charge in [-0.05, 0) is 6.92 Å². The van der Waals surface area contributed by atoms with Crippen LogP contribution in [0.25, 0.3) is 0 Å². The molecular formula is C8H12N4O3. The predicted molar refractivity (Wildman–Crippen MR) is 51.7 cm³/mol. The number of nitrogens with zero attached hydrogens (tertiary/aromatic N) is 3. The predicted octanol–water partition coefficient (Wildman–Crippen LogP) is 0.179. The van der Waals surface area contributed by atoms with Gasteiger partial charge in [0, 0.05) is 20.2 Å². The number of hydrogen-bond donors (Lipinski definition) is 1. The second kappa shape index (κ2) is 3.99. The number of amides is 2. The summed E-state index contributed by atoms with van der Waals surface area (Å²) in [6, 6.07) is 1.12. The van der Waals surface area contributed by atoms with Crippen molar-refractivity contribution in [3.05, 3.63) is 11.8 Å². The molecule has 1 aromatic rings. The van der Waals surface area contributed by atoms with Gasteiger partial charge in [0.2, 0.25) is 5.88 Å². The van der Waals surface area contributed by atoms with Gasteiger partial charge in [0.1, 0.15) is 0 Å². The highest BCUT2D eigenvalue weighted by Crippen LogP contribution is 2.11. The van der Waals surface area contributed by atoms with E-state index in [1.165, 1.54) is 11.0 Å². The molecule has 15 heavy (non-hydrogen) atoms. The Hall–Kier alpha value is -2.05. The summed E-state index contributed by atoms with van der Waals surface area (Å²) in [4.78, 5) is 23.3. The molecule has 0 atom stereocenters. The van der Waals surface area contributed by atoms with Gasteiger partial charge < -0.3 is 15.4 Å². The van der Waals surface area contributed by atoms with Crippen LogP contribution in [0, 0.1) is 6.92 Å². The van der Waals surface area contributed by atoms with Crippen molar-refractivity contribution in [2.24, 2.45) is 5.73 Å². The van der Waals surface area contributed by atoms with Crippen molar-refractivity contribution < 1.29 is 14.3 Å². The summed E-state index contributed by atoms with van der Waals surface area (Å²) < 4.78 is 5.67. The summed E-state index contributed by atoms with van der Waals surface area (Å²) in [6.45, 7) is 1.67. The molecule has 0 aromatic carbocycles. The maximum Gasteiger partial charge on any atom is 0.411 e. The van der Waals surface area contributed by atoms with Crippen molar-refractivity contribution in [2.45, 2.75) is 6.92 Å². The minimum Gasteiger partial charge on any atom is -0.390 e. The molecule has 0 saturated carbocycles. The number of primary amides is 1. The lowest BCUT2D eigenvalue weighted by atomic mass is 10.5. The maximum absolute atomic E-state index is 11.5. The second-order valence-corrected chi connectivity index (χ2v) is 3.13. The highest BCUT2D eigenvalue weighted by molar-refractivity contribution is 5.76. The maximum atomic E-state index is 11.5. The van der Waals surface area contributed by atoms with Gasteiger partial charge in [0.05, 0.1) is 5.69 Å². The van der Waals surface area contributed by atoms with E-state index >= 15 is 0 Å². The highest BCUT2D eigenvalue weighted by atomic mass is 16.6. The fourth-order valence-electron chi connectivity index (χ4n) is 0.982. The molecule has 7 nitrogen and oxygen atoms in total. The van der Waals surface area contributed by atoms with Gasteiger partial charge in [-0.2, -0.15) is 4.68 Å². The molecule has 2 N–H and O–H groups in total. The van der Waals surface area contributed by atoms with Crippen molar-refractivity contribution in [2.75, 3.05) is 14.1 Å². The minimum atomic E-state index is -0.961. The molecule has 0 saturated heterocycles. The first-order chi connectivity index (χ1) is 6.91. The monoisotopic (exact) mass is 212 g/mol. The van der Waals surface area contributed by atoms with Crippen molar-refractivity contribution >= 4 is 12.1 Å². The van der Waals surface area contributed by atoms with E-state index < -0.39 is 6.09 Å². The Balaban J connectivity index is 2.96. The van der Waals surface area contributed by atoms with Crippen LogP contribution in [0.5, 0.6) is 5.88 Å². The third-order valence-electron chi connectivity index (χ3n) is 1.63. The van der Waals surface area contributed by atoms with E-state index in [4.69, 9.17) is 5.73 Å². The lowest BCUT2D eigenvalue weighted by Crippen LogP contribution is -2.29. The van der Waals surface area contributed by atoms with Gasteiger partial charge in [-0.1, -0.05) is 0 Å². The molecule has 2 amide bonds. The Morgan fingerprint density at radius 2 is 2.13 bits per heavy atom. The first-order valence-corrected chi connectivity index (χ1v) is 4.17. The average Bonchev–Trinajstić information content (AvgIpc) is 2.44. The number of ether oxygens (including phenoxy) is 1. The molecule has 0 radical (unpaired) electrons. The molecule has 1 rings (SSSR count). The molecular weight excluding hydrogens is 200 g/mol. The Morgan fingerprint density at radius 3 is 2.60 bits per heavy atom. The minimum absolute atomic E-state index is 0.00944. The normalized spacial score (nSPS) is 9.80. The number of hydrogen-bond acceptors (Lipinski definition) is 4. The van der Waals surface area contributed by atoms with E-state index in [9.17, 15) is 9.59 Å². The number of nitrogens with two attached hydrogens (primary N) is 1. The molecule has 1 aromatic heterocycles. The average molecular weight is 212 g/mol. The van der Waals surface area contributed by atoms with Crippen molar-refractivity contribution in [3.63, 3.8) is 0 Å². The molecule has 0 aliphatic carbocycles. The van der Waals surface area contributed by atoms with Crippen LogP contribution in [-0.2, 0) is 0 Å². The third-order valence-corrected chi connectivity index (χ3v) is 1.63. The Morgan fingerprint density at radius 1 is 1.53 bits per heavy atom. The van der Waals surface area contributed by atoms with Crippen LogP contribution in [0.3, 0.4) is 0 Å². The van der Waals surface area contributed by atoms with Crippen molar-refractivity contribution in [3.8, 4) is 5.88 Å². The van der Waals surface area contributed by atoms with Crippen LogP contribution in [0.2, 0.25) is 0 Å². The van der Waals surface area contributed by atoms with Gasteiger partial charge in [-0.15, -0.1) is 5.10 Å². The van der Waals surface area contributed by atoms with E-state index in [0.717, 1.165) is 4.68 Å². The number of aromatic nitrogens is 2. The molecule has 0 aliphatic heterocycles. The van der Waals surface area contributed by atoms with Crippen LogP contribution in [-0.4, -0.2) is 40.9 Å². The van der Waals surface area contributed by atoms with Crippen LogP contribution in [0.15, 0.2) is 6.07 Å². The lowest BCUT2D eigenvalue weighted by Gasteiger charge is -2.10. The van der Waals surface area contributed by atoms with E-state index in [1.54, 1.807) is 21.0 Å². The molecule has 0 unspecified atom stereocenters. The third kappa shape index (κ3) is 2.46. The van der Waals surface area contributed by atoms with Gasteiger partial charge in [-0.25, -0.2) is 9.59 Å². The summed E-state index contributed by atoms with van der Waals surface area (Å²) in [5.74, 6) is 0.00944.